The van der Waals surface area contributed by atoms with Gasteiger partial charge in [0, 0.05) is 12.2 Å². The van der Waals surface area contributed by atoms with Crippen LogP contribution in [-0.4, -0.2) is 23.9 Å². The van der Waals surface area contributed by atoms with Crippen molar-refractivity contribution in [2.75, 3.05) is 18.8 Å². The number of hydrogen-bond acceptors (Lipinski definition) is 2. The highest BCUT2D eigenvalue weighted by atomic mass is 16.2. The van der Waals surface area contributed by atoms with Crippen LogP contribution >= 0.6 is 0 Å². The fourth-order valence-corrected chi connectivity index (χ4v) is 1.58. The molecule has 0 aromatic heterocycles. The van der Waals surface area contributed by atoms with Crippen molar-refractivity contribution in [3.8, 4) is 12.3 Å². The van der Waals surface area contributed by atoms with E-state index in [2.05, 4.69) is 5.92 Å². The van der Waals surface area contributed by atoms with Crippen molar-refractivity contribution in [2.45, 2.75) is 13.8 Å². The Balaban J connectivity index is 3.09. The molecule has 1 aromatic rings. The molecule has 0 aliphatic carbocycles. The van der Waals surface area contributed by atoms with Crippen LogP contribution in [0.3, 0.4) is 0 Å². The smallest absolute Gasteiger partial charge is 0.256 e. The minimum atomic E-state index is -0.101. The van der Waals surface area contributed by atoms with Gasteiger partial charge >= 0.3 is 0 Å². The Bertz CT molecular complexity index is 412. The summed E-state index contributed by atoms with van der Waals surface area (Å²) in [5, 5.41) is 0. The maximum absolute atomic E-state index is 12.2. The number of carbonyl (C=O) groups is 1. The molecule has 0 aliphatic rings. The van der Waals surface area contributed by atoms with Crippen LogP contribution in [0.5, 0.6) is 0 Å². The van der Waals surface area contributed by atoms with Gasteiger partial charge in [-0.3, -0.25) is 4.79 Å². The van der Waals surface area contributed by atoms with Gasteiger partial charge in [-0.2, -0.15) is 0 Å². The molecule has 0 fully saturated rings. The normalized spacial score (nSPS) is 9.56. The molecule has 0 saturated carbocycles. The number of rotatable bonds is 3. The van der Waals surface area contributed by atoms with Gasteiger partial charge in [-0.1, -0.05) is 18.1 Å². The number of nitrogen functional groups attached to an aromatic ring is 1. The highest BCUT2D eigenvalue weighted by Gasteiger charge is 2.17. The number of anilines is 1. The second kappa shape index (κ2) is 5.22. The van der Waals surface area contributed by atoms with E-state index in [0.717, 1.165) is 5.56 Å². The largest absolute Gasteiger partial charge is 0.398 e. The minimum absolute atomic E-state index is 0.101. The summed E-state index contributed by atoms with van der Waals surface area (Å²) in [6, 6.07) is 5.43. The Morgan fingerprint density at radius 1 is 1.56 bits per heavy atom. The molecular formula is C13H16N2O. The summed E-state index contributed by atoms with van der Waals surface area (Å²) >= 11 is 0. The van der Waals surface area contributed by atoms with E-state index in [0.29, 0.717) is 24.3 Å². The van der Waals surface area contributed by atoms with E-state index in [4.69, 9.17) is 12.2 Å². The van der Waals surface area contributed by atoms with Crippen molar-refractivity contribution in [2.24, 2.45) is 0 Å². The summed E-state index contributed by atoms with van der Waals surface area (Å²) < 4.78 is 0. The highest BCUT2D eigenvalue weighted by Crippen LogP contribution is 2.18. The quantitative estimate of drug-likeness (QED) is 0.617. The minimum Gasteiger partial charge on any atom is -0.398 e. The Kier molecular flexibility index (Phi) is 3.96. The topological polar surface area (TPSA) is 46.3 Å². The first-order chi connectivity index (χ1) is 7.61. The van der Waals surface area contributed by atoms with Crippen LogP contribution in [0.15, 0.2) is 18.2 Å². The molecule has 1 amide bonds. The first kappa shape index (κ1) is 12.1. The van der Waals surface area contributed by atoms with Gasteiger partial charge < -0.3 is 10.6 Å². The zero-order valence-electron chi connectivity index (χ0n) is 9.66. The maximum atomic E-state index is 12.2. The summed E-state index contributed by atoms with van der Waals surface area (Å²) in [5.41, 5.74) is 7.74. The summed E-state index contributed by atoms with van der Waals surface area (Å²) in [5.74, 6) is 2.37. The van der Waals surface area contributed by atoms with E-state index >= 15 is 0 Å². The Morgan fingerprint density at radius 2 is 2.25 bits per heavy atom. The van der Waals surface area contributed by atoms with E-state index in [-0.39, 0.29) is 5.91 Å². The van der Waals surface area contributed by atoms with Crippen LogP contribution in [0.4, 0.5) is 5.69 Å². The van der Waals surface area contributed by atoms with E-state index in [9.17, 15) is 4.79 Å². The van der Waals surface area contributed by atoms with Crippen molar-refractivity contribution in [3.63, 3.8) is 0 Å². The molecule has 3 heteroatoms. The van der Waals surface area contributed by atoms with Gasteiger partial charge in [-0.05, 0) is 25.5 Å². The van der Waals surface area contributed by atoms with Gasteiger partial charge in [0.25, 0.3) is 5.91 Å². The molecule has 0 unspecified atom stereocenters. The summed E-state index contributed by atoms with van der Waals surface area (Å²) in [7, 11) is 0. The lowest BCUT2D eigenvalue weighted by molar-refractivity contribution is 0.0785. The monoisotopic (exact) mass is 216 g/mol. The third-order valence-corrected chi connectivity index (χ3v) is 2.47. The Morgan fingerprint density at radius 3 is 2.75 bits per heavy atom. The third kappa shape index (κ3) is 2.34. The fourth-order valence-electron chi connectivity index (χ4n) is 1.58. The van der Waals surface area contributed by atoms with Crippen LogP contribution < -0.4 is 5.73 Å². The molecule has 0 aliphatic heterocycles. The maximum Gasteiger partial charge on any atom is 0.256 e. The average Bonchev–Trinajstić information content (AvgIpc) is 2.25. The number of nitrogens with zero attached hydrogens (tertiary/aromatic N) is 1. The molecule has 3 nitrogen and oxygen atoms in total. The molecule has 0 radical (unpaired) electrons. The zero-order chi connectivity index (χ0) is 12.1. The number of terminal acetylenes is 1. The van der Waals surface area contributed by atoms with Gasteiger partial charge in [0.1, 0.15) is 0 Å². The predicted octanol–water partition coefficient (Wildman–Crippen LogP) is 1.67. The van der Waals surface area contributed by atoms with E-state index in [1.807, 2.05) is 26.0 Å². The van der Waals surface area contributed by atoms with Crippen LogP contribution in [0, 0.1) is 19.3 Å². The number of amides is 1. The van der Waals surface area contributed by atoms with Crippen molar-refractivity contribution >= 4 is 11.6 Å². The number of carbonyl (C=O) groups excluding carboxylic acids is 1. The van der Waals surface area contributed by atoms with Crippen LogP contribution in [0.2, 0.25) is 0 Å². The first-order valence-electron chi connectivity index (χ1n) is 5.19. The van der Waals surface area contributed by atoms with Crippen LogP contribution in [0.25, 0.3) is 0 Å². The van der Waals surface area contributed by atoms with E-state index in [1.165, 1.54) is 0 Å². The van der Waals surface area contributed by atoms with Crippen molar-refractivity contribution in [1.29, 1.82) is 0 Å². The van der Waals surface area contributed by atoms with Gasteiger partial charge in [-0.15, -0.1) is 6.42 Å². The molecule has 1 rings (SSSR count). The second-order valence-corrected chi connectivity index (χ2v) is 3.56. The number of aryl methyl sites for hydroxylation is 1. The fraction of sp³-hybridized carbons (Fsp3) is 0.308. The highest BCUT2D eigenvalue weighted by molar-refractivity contribution is 6.00. The molecule has 0 spiro atoms. The molecular weight excluding hydrogens is 200 g/mol. The number of hydrogen-bond donors (Lipinski definition) is 1. The third-order valence-electron chi connectivity index (χ3n) is 2.47. The van der Waals surface area contributed by atoms with Crippen LogP contribution in [-0.2, 0) is 0 Å². The molecule has 0 saturated heterocycles. The molecule has 84 valence electrons. The predicted molar refractivity (Wildman–Crippen MR) is 66.0 cm³/mol. The first-order valence-corrected chi connectivity index (χ1v) is 5.19. The molecule has 1 aromatic carbocycles. The van der Waals surface area contributed by atoms with E-state index in [1.54, 1.807) is 11.0 Å². The van der Waals surface area contributed by atoms with Crippen molar-refractivity contribution in [1.82, 2.24) is 4.90 Å². The van der Waals surface area contributed by atoms with E-state index < -0.39 is 0 Å². The standard InChI is InChI=1S/C13H16N2O/c1-4-9-15(5-2)13(16)12-10(3)7-6-8-11(12)14/h1,6-8H,5,9,14H2,2-3H3. The lowest BCUT2D eigenvalue weighted by Crippen LogP contribution is -2.32. The number of benzene rings is 1. The summed E-state index contributed by atoms with van der Waals surface area (Å²) in [6.45, 7) is 4.65. The summed E-state index contributed by atoms with van der Waals surface area (Å²) in [6.07, 6.45) is 5.22. The Hall–Kier alpha value is -1.95. The molecule has 0 atom stereocenters. The van der Waals surface area contributed by atoms with Gasteiger partial charge in [0.2, 0.25) is 0 Å². The van der Waals surface area contributed by atoms with Gasteiger partial charge in [0.15, 0.2) is 0 Å². The molecule has 0 heterocycles. The molecule has 0 bridgehead atoms. The SMILES string of the molecule is C#CCN(CC)C(=O)c1c(C)cccc1N. The van der Waals surface area contributed by atoms with Crippen molar-refractivity contribution in [3.05, 3.63) is 29.3 Å². The van der Waals surface area contributed by atoms with Gasteiger partial charge in [0.05, 0.1) is 12.1 Å². The van der Waals surface area contributed by atoms with Crippen molar-refractivity contribution < 1.29 is 4.79 Å². The lowest BCUT2D eigenvalue weighted by atomic mass is 10.1. The Labute approximate surface area is 96.2 Å². The lowest BCUT2D eigenvalue weighted by Gasteiger charge is -2.20. The summed E-state index contributed by atoms with van der Waals surface area (Å²) in [4.78, 5) is 13.8. The zero-order valence-corrected chi connectivity index (χ0v) is 9.66. The average molecular weight is 216 g/mol. The van der Waals surface area contributed by atoms with Crippen LogP contribution in [0.1, 0.15) is 22.8 Å². The second-order valence-electron chi connectivity index (χ2n) is 3.56. The molecule has 2 N–H and O–H groups in total. The van der Waals surface area contributed by atoms with Gasteiger partial charge in [-0.25, -0.2) is 0 Å². The molecule has 16 heavy (non-hydrogen) atoms. The number of nitrogens with two attached hydrogens (primary N) is 1.